The summed E-state index contributed by atoms with van der Waals surface area (Å²) in [6.07, 6.45) is 1.54. The van der Waals surface area contributed by atoms with E-state index >= 15 is 0 Å². The summed E-state index contributed by atoms with van der Waals surface area (Å²) in [7, 11) is -4.55. The van der Waals surface area contributed by atoms with Gasteiger partial charge in [-0.3, -0.25) is 4.52 Å². The predicted molar refractivity (Wildman–Crippen MR) is 139 cm³/mol. The maximum Gasteiger partial charge on any atom is 0.469 e. The van der Waals surface area contributed by atoms with Gasteiger partial charge in [0.25, 0.3) is 0 Å². The van der Waals surface area contributed by atoms with Gasteiger partial charge in [-0.2, -0.15) is 0 Å². The van der Waals surface area contributed by atoms with Crippen molar-refractivity contribution in [1.29, 1.82) is 0 Å². The van der Waals surface area contributed by atoms with Gasteiger partial charge < -0.3 is 31.3 Å². The highest BCUT2D eigenvalue weighted by atomic mass is 35.5. The van der Waals surface area contributed by atoms with Gasteiger partial charge in [-0.1, -0.05) is 65.8 Å². The number of hydrogen-bond donors (Lipinski definition) is 5. The van der Waals surface area contributed by atoms with Crippen LogP contribution in [0.15, 0.2) is 88.8 Å². The van der Waals surface area contributed by atoms with E-state index in [1.807, 2.05) is 72.8 Å². The second kappa shape index (κ2) is 13.0. The highest BCUT2D eigenvalue weighted by molar-refractivity contribution is 7.99. The summed E-state index contributed by atoms with van der Waals surface area (Å²) in [5, 5.41) is 3.39. The van der Waals surface area contributed by atoms with E-state index in [4.69, 9.17) is 37.6 Å². The lowest BCUT2D eigenvalue weighted by Gasteiger charge is -2.13. The lowest BCUT2D eigenvalue weighted by atomic mass is 10.2. The van der Waals surface area contributed by atoms with Crippen LogP contribution in [0.25, 0.3) is 5.70 Å². The Kier molecular flexibility index (Phi) is 10.1. The van der Waals surface area contributed by atoms with Crippen LogP contribution >= 0.6 is 31.2 Å². The van der Waals surface area contributed by atoms with Crippen LogP contribution in [0.4, 0.5) is 0 Å². The second-order valence-electron chi connectivity index (χ2n) is 7.55. The molecule has 0 spiro atoms. The number of phosphoric acid groups is 1. The van der Waals surface area contributed by atoms with E-state index in [0.717, 1.165) is 21.1 Å². The van der Waals surface area contributed by atoms with Crippen molar-refractivity contribution in [3.05, 3.63) is 95.1 Å². The summed E-state index contributed by atoms with van der Waals surface area (Å²) in [5.74, 6) is 0.782. The van der Waals surface area contributed by atoms with Crippen LogP contribution in [0.3, 0.4) is 0 Å². The highest BCUT2D eigenvalue weighted by Gasteiger charge is 2.15. The molecule has 0 aliphatic heterocycles. The lowest BCUT2D eigenvalue weighted by Crippen LogP contribution is -2.35. The van der Waals surface area contributed by atoms with E-state index in [-0.39, 0.29) is 13.2 Å². The van der Waals surface area contributed by atoms with Crippen molar-refractivity contribution in [3.8, 4) is 5.75 Å². The number of benzene rings is 3. The molecule has 7 N–H and O–H groups in total. The summed E-state index contributed by atoms with van der Waals surface area (Å²) in [6, 6.07) is 22.8. The van der Waals surface area contributed by atoms with Gasteiger partial charge >= 0.3 is 7.82 Å². The number of nitrogens with two attached hydrogens (primary N) is 2. The third-order valence-electron chi connectivity index (χ3n) is 4.64. The molecule has 3 aromatic rings. The number of hydrogen-bond acceptors (Lipinski definition) is 7. The van der Waals surface area contributed by atoms with Gasteiger partial charge in [0.05, 0.1) is 17.3 Å². The Bertz CT molecular complexity index is 1190. The molecular weight excluding hydrogens is 509 g/mol. The largest absolute Gasteiger partial charge is 0.489 e. The van der Waals surface area contributed by atoms with Gasteiger partial charge in [0.2, 0.25) is 0 Å². The van der Waals surface area contributed by atoms with E-state index in [1.165, 1.54) is 0 Å². The molecule has 0 bridgehead atoms. The first kappa shape index (κ1) is 27.1. The fourth-order valence-corrected chi connectivity index (χ4v) is 4.59. The van der Waals surface area contributed by atoms with Gasteiger partial charge in [-0.25, -0.2) is 4.57 Å². The topological polar surface area (TPSA) is 140 Å². The van der Waals surface area contributed by atoms with Crippen molar-refractivity contribution in [2.45, 2.75) is 22.4 Å². The lowest BCUT2D eigenvalue weighted by molar-refractivity contribution is 0.186. The minimum absolute atomic E-state index is 0.203. The Labute approximate surface area is 213 Å². The molecule has 0 saturated heterocycles. The third kappa shape index (κ3) is 9.58. The van der Waals surface area contributed by atoms with Crippen LogP contribution in [0.2, 0.25) is 5.02 Å². The zero-order valence-corrected chi connectivity index (χ0v) is 21.2. The first-order valence-electron chi connectivity index (χ1n) is 10.6. The van der Waals surface area contributed by atoms with Gasteiger partial charge in [0.1, 0.15) is 12.4 Å². The summed E-state index contributed by atoms with van der Waals surface area (Å²) >= 11 is 8.02. The molecule has 0 aromatic heterocycles. The Hall–Kier alpha value is -2.49. The van der Waals surface area contributed by atoms with Crippen LogP contribution in [0.5, 0.6) is 5.75 Å². The zero-order valence-electron chi connectivity index (χ0n) is 18.7. The molecule has 0 radical (unpaired) electrons. The molecule has 8 nitrogen and oxygen atoms in total. The summed E-state index contributed by atoms with van der Waals surface area (Å²) in [6.45, 7) is 0.405. The molecule has 0 aliphatic carbocycles. The van der Waals surface area contributed by atoms with E-state index in [2.05, 4.69) is 9.84 Å². The molecule has 186 valence electrons. The number of halogens is 1. The minimum atomic E-state index is -4.55. The van der Waals surface area contributed by atoms with Gasteiger partial charge in [0, 0.05) is 34.1 Å². The van der Waals surface area contributed by atoms with Crippen LogP contribution in [0, 0.1) is 0 Å². The van der Waals surface area contributed by atoms with Crippen LogP contribution < -0.4 is 21.5 Å². The minimum Gasteiger partial charge on any atom is -0.489 e. The predicted octanol–water partition coefficient (Wildman–Crippen LogP) is 4.35. The average Bonchev–Trinajstić information content (AvgIpc) is 2.82. The van der Waals surface area contributed by atoms with Crippen molar-refractivity contribution in [3.63, 3.8) is 0 Å². The summed E-state index contributed by atoms with van der Waals surface area (Å²) in [5.41, 5.74) is 14.0. The van der Waals surface area contributed by atoms with Gasteiger partial charge in [0.15, 0.2) is 0 Å². The molecule has 3 aromatic carbocycles. The normalized spacial score (nSPS) is 12.9. The van der Waals surface area contributed by atoms with Gasteiger partial charge in [-0.15, -0.1) is 0 Å². The Morgan fingerprint density at radius 1 is 1.09 bits per heavy atom. The molecule has 3 rings (SSSR count). The first-order chi connectivity index (χ1) is 16.7. The van der Waals surface area contributed by atoms with E-state index in [0.29, 0.717) is 22.9 Å². The molecule has 0 amide bonds. The Morgan fingerprint density at radius 3 is 2.54 bits per heavy atom. The molecule has 1 atom stereocenters. The fraction of sp³-hybridized carbons (Fsp3) is 0.167. The van der Waals surface area contributed by atoms with E-state index in [1.54, 1.807) is 18.0 Å². The van der Waals surface area contributed by atoms with Crippen LogP contribution in [0.1, 0.15) is 11.1 Å². The van der Waals surface area contributed by atoms with Crippen LogP contribution in [-0.2, 0) is 15.7 Å². The Morgan fingerprint density at radius 2 is 1.83 bits per heavy atom. The van der Waals surface area contributed by atoms with Crippen LogP contribution in [-0.4, -0.2) is 29.0 Å². The molecular formula is C24H27ClN3O5PS. The quantitative estimate of drug-likeness (QED) is 0.214. The molecule has 35 heavy (non-hydrogen) atoms. The van der Waals surface area contributed by atoms with E-state index in [9.17, 15) is 4.57 Å². The number of ether oxygens (including phenoxy) is 1. The highest BCUT2D eigenvalue weighted by Crippen LogP contribution is 2.35. The summed E-state index contributed by atoms with van der Waals surface area (Å²) < 4.78 is 21.0. The Balaban J connectivity index is 1.56. The van der Waals surface area contributed by atoms with Crippen molar-refractivity contribution >= 4 is 36.9 Å². The molecule has 11 heteroatoms. The number of rotatable bonds is 12. The second-order valence-corrected chi connectivity index (χ2v) is 10.3. The van der Waals surface area contributed by atoms with Gasteiger partial charge in [-0.05, 0) is 35.9 Å². The molecule has 1 unspecified atom stereocenters. The maximum atomic E-state index is 10.7. The first-order valence-corrected chi connectivity index (χ1v) is 13.3. The SMILES string of the molecule is N/C(=C\NCC(N)COP(=O)(O)O)c1ccc(Sc2cccc(OCc3ccccc3)c2)cc1Cl. The van der Waals surface area contributed by atoms with Crippen molar-refractivity contribution in [2.24, 2.45) is 11.5 Å². The van der Waals surface area contributed by atoms with Crippen molar-refractivity contribution in [1.82, 2.24) is 5.32 Å². The summed E-state index contributed by atoms with van der Waals surface area (Å²) in [4.78, 5) is 19.4. The smallest absolute Gasteiger partial charge is 0.469 e. The molecule has 0 aliphatic rings. The zero-order chi connectivity index (χ0) is 25.3. The third-order valence-corrected chi connectivity index (χ3v) is 6.41. The number of nitrogens with one attached hydrogen (secondary N) is 1. The fourth-order valence-electron chi connectivity index (χ4n) is 2.95. The molecule has 0 heterocycles. The van der Waals surface area contributed by atoms with Crippen molar-refractivity contribution in [2.75, 3.05) is 13.2 Å². The number of phosphoric ester groups is 1. The van der Waals surface area contributed by atoms with Crippen molar-refractivity contribution < 1.29 is 23.6 Å². The standard InChI is InChI=1S/C24H27ClN3O5PS/c25-23-12-21(9-10-22(23)24(27)14-28-13-18(26)16-33-34(29,30)31)35-20-8-4-7-19(11-20)32-15-17-5-2-1-3-6-17/h1-12,14,18,28H,13,15-16,26-27H2,(H2,29,30,31)/b24-14-. The molecule has 0 fully saturated rings. The average molecular weight is 536 g/mol. The monoisotopic (exact) mass is 535 g/mol. The van der Waals surface area contributed by atoms with E-state index < -0.39 is 13.9 Å². The maximum absolute atomic E-state index is 10.7. The molecule has 0 saturated carbocycles.